The van der Waals surface area contributed by atoms with E-state index in [0.717, 1.165) is 36.8 Å². The van der Waals surface area contributed by atoms with E-state index in [-0.39, 0.29) is 11.3 Å². The summed E-state index contributed by atoms with van der Waals surface area (Å²) >= 11 is 0. The van der Waals surface area contributed by atoms with Crippen molar-refractivity contribution in [3.05, 3.63) is 28.8 Å². The Kier molecular flexibility index (Phi) is 4.48. The van der Waals surface area contributed by atoms with Gasteiger partial charge in [-0.05, 0) is 43.9 Å². The highest BCUT2D eigenvalue weighted by Gasteiger charge is 2.31. The molecule has 1 aliphatic rings. The zero-order valence-corrected chi connectivity index (χ0v) is 12.8. The second-order valence-electron chi connectivity index (χ2n) is 6.11. The molecule has 2 N–H and O–H groups in total. The molecule has 1 aromatic rings. The lowest BCUT2D eigenvalue weighted by Gasteiger charge is -2.33. The number of carbonyl (C=O) groups is 1. The first-order valence-corrected chi connectivity index (χ1v) is 7.43. The maximum Gasteiger partial charge on any atom is 0.168 e. The smallest absolute Gasteiger partial charge is 0.168 e. The van der Waals surface area contributed by atoms with E-state index in [9.17, 15) is 4.79 Å². The summed E-state index contributed by atoms with van der Waals surface area (Å²) in [6.45, 7) is 4.02. The van der Waals surface area contributed by atoms with Crippen LogP contribution in [-0.4, -0.2) is 18.4 Å². The molecule has 1 aromatic carbocycles. The fraction of sp³-hybridized carbons (Fsp3) is 0.588. The van der Waals surface area contributed by atoms with Gasteiger partial charge in [0.05, 0.1) is 12.7 Å². The topological polar surface area (TPSA) is 52.3 Å². The number of benzene rings is 1. The molecule has 0 heterocycles. The minimum absolute atomic E-state index is 0.106. The van der Waals surface area contributed by atoms with Crippen molar-refractivity contribution in [1.82, 2.24) is 0 Å². The monoisotopic (exact) mass is 275 g/mol. The summed E-state index contributed by atoms with van der Waals surface area (Å²) < 4.78 is 5.44. The molecule has 0 radical (unpaired) electrons. The van der Waals surface area contributed by atoms with E-state index in [1.165, 1.54) is 6.42 Å². The highest BCUT2D eigenvalue weighted by Crippen LogP contribution is 2.33. The Bertz CT molecular complexity index is 502. The minimum atomic E-state index is -0.320. The van der Waals surface area contributed by atoms with E-state index >= 15 is 0 Å². The van der Waals surface area contributed by atoms with Crippen LogP contribution in [0.4, 0.5) is 0 Å². The second-order valence-corrected chi connectivity index (χ2v) is 6.11. The van der Waals surface area contributed by atoms with Gasteiger partial charge >= 0.3 is 0 Å². The van der Waals surface area contributed by atoms with Crippen LogP contribution < -0.4 is 10.5 Å². The van der Waals surface area contributed by atoms with E-state index in [1.807, 2.05) is 26.0 Å². The molecule has 20 heavy (non-hydrogen) atoms. The number of ketones is 1. The second kappa shape index (κ2) is 5.96. The predicted molar refractivity (Wildman–Crippen MR) is 81.4 cm³/mol. The molecule has 1 aliphatic carbocycles. The fourth-order valence-electron chi connectivity index (χ4n) is 3.12. The van der Waals surface area contributed by atoms with Gasteiger partial charge in [0.1, 0.15) is 5.75 Å². The lowest BCUT2D eigenvalue weighted by atomic mass is 9.78. The lowest BCUT2D eigenvalue weighted by molar-refractivity contribution is 0.0931. The van der Waals surface area contributed by atoms with Crippen molar-refractivity contribution in [3.8, 4) is 5.75 Å². The molecule has 0 unspecified atom stereocenters. The first-order valence-electron chi connectivity index (χ1n) is 7.43. The standard InChI is InChI=1S/C17H25NO2/c1-12-7-8-14(16(20-3)13(12)2)15(19)11-17(18)9-5-4-6-10-17/h7-8H,4-6,9-11,18H2,1-3H3. The van der Waals surface area contributed by atoms with Crippen LogP contribution in [0.5, 0.6) is 5.75 Å². The number of Topliss-reactive ketones (excluding diaryl/α,β-unsaturated/α-hetero) is 1. The Labute approximate surface area is 121 Å². The van der Waals surface area contributed by atoms with Gasteiger partial charge in [-0.1, -0.05) is 25.3 Å². The van der Waals surface area contributed by atoms with Crippen LogP contribution in [0.2, 0.25) is 0 Å². The maximum absolute atomic E-state index is 12.6. The molecule has 3 heteroatoms. The highest BCUT2D eigenvalue weighted by atomic mass is 16.5. The Morgan fingerprint density at radius 1 is 1.25 bits per heavy atom. The van der Waals surface area contributed by atoms with Crippen molar-refractivity contribution in [2.45, 2.75) is 57.9 Å². The number of rotatable bonds is 4. The number of carbonyl (C=O) groups excluding carboxylic acids is 1. The number of hydrogen-bond donors (Lipinski definition) is 1. The van der Waals surface area contributed by atoms with Crippen LogP contribution in [-0.2, 0) is 0 Å². The molecular weight excluding hydrogens is 250 g/mol. The Morgan fingerprint density at radius 3 is 2.50 bits per heavy atom. The van der Waals surface area contributed by atoms with Crippen molar-refractivity contribution < 1.29 is 9.53 Å². The summed E-state index contributed by atoms with van der Waals surface area (Å²) in [4.78, 5) is 12.6. The number of hydrogen-bond acceptors (Lipinski definition) is 3. The van der Waals surface area contributed by atoms with Crippen molar-refractivity contribution in [2.75, 3.05) is 7.11 Å². The van der Waals surface area contributed by atoms with Crippen molar-refractivity contribution in [2.24, 2.45) is 5.73 Å². The summed E-state index contributed by atoms with van der Waals surface area (Å²) in [7, 11) is 1.62. The van der Waals surface area contributed by atoms with Crippen LogP contribution in [0.15, 0.2) is 12.1 Å². The third-order valence-corrected chi connectivity index (χ3v) is 4.54. The van der Waals surface area contributed by atoms with Crippen LogP contribution in [0.1, 0.15) is 60.0 Å². The summed E-state index contributed by atoms with van der Waals surface area (Å²) in [5.74, 6) is 0.809. The molecule has 0 saturated heterocycles. The number of methoxy groups -OCH3 is 1. The summed E-state index contributed by atoms with van der Waals surface area (Å²) in [5, 5.41) is 0. The minimum Gasteiger partial charge on any atom is -0.496 e. The van der Waals surface area contributed by atoms with Gasteiger partial charge in [0, 0.05) is 12.0 Å². The Hall–Kier alpha value is -1.35. The van der Waals surface area contributed by atoms with E-state index in [2.05, 4.69) is 0 Å². The predicted octanol–water partition coefficient (Wildman–Crippen LogP) is 3.55. The number of nitrogens with two attached hydrogens (primary N) is 1. The molecule has 0 spiro atoms. The summed E-state index contributed by atoms with van der Waals surface area (Å²) in [6, 6.07) is 3.85. The molecule has 0 aliphatic heterocycles. The number of ether oxygens (including phenoxy) is 1. The highest BCUT2D eigenvalue weighted by molar-refractivity contribution is 5.99. The summed E-state index contributed by atoms with van der Waals surface area (Å²) in [6.07, 6.45) is 5.82. The average Bonchev–Trinajstić information content (AvgIpc) is 2.41. The molecule has 0 bridgehead atoms. The van der Waals surface area contributed by atoms with Crippen molar-refractivity contribution in [1.29, 1.82) is 0 Å². The molecular formula is C17H25NO2. The first-order chi connectivity index (χ1) is 9.47. The van der Waals surface area contributed by atoms with Crippen LogP contribution in [0.25, 0.3) is 0 Å². The third-order valence-electron chi connectivity index (χ3n) is 4.54. The molecule has 1 fully saturated rings. The normalized spacial score (nSPS) is 17.8. The molecule has 1 saturated carbocycles. The molecule has 110 valence electrons. The molecule has 3 nitrogen and oxygen atoms in total. The van der Waals surface area contributed by atoms with Gasteiger partial charge < -0.3 is 10.5 Å². The quantitative estimate of drug-likeness (QED) is 0.855. The van der Waals surface area contributed by atoms with Gasteiger partial charge in [0.15, 0.2) is 5.78 Å². The van der Waals surface area contributed by atoms with Gasteiger partial charge in [0.25, 0.3) is 0 Å². The summed E-state index contributed by atoms with van der Waals surface area (Å²) in [5.41, 5.74) is 8.92. The van der Waals surface area contributed by atoms with E-state index in [1.54, 1.807) is 7.11 Å². The van der Waals surface area contributed by atoms with E-state index in [0.29, 0.717) is 17.7 Å². The fourth-order valence-corrected chi connectivity index (χ4v) is 3.12. The van der Waals surface area contributed by atoms with Gasteiger partial charge in [-0.3, -0.25) is 4.79 Å². The molecule has 0 amide bonds. The van der Waals surface area contributed by atoms with Crippen LogP contribution in [0.3, 0.4) is 0 Å². The first kappa shape index (κ1) is 15.0. The lowest BCUT2D eigenvalue weighted by Crippen LogP contribution is -2.43. The van der Waals surface area contributed by atoms with Crippen molar-refractivity contribution >= 4 is 5.78 Å². The molecule has 2 rings (SSSR count). The Balaban J connectivity index is 2.23. The van der Waals surface area contributed by atoms with Crippen LogP contribution in [0, 0.1) is 13.8 Å². The van der Waals surface area contributed by atoms with E-state index < -0.39 is 0 Å². The molecule has 0 atom stereocenters. The molecule has 0 aromatic heterocycles. The van der Waals surface area contributed by atoms with Gasteiger partial charge in [-0.2, -0.15) is 0 Å². The average molecular weight is 275 g/mol. The zero-order valence-electron chi connectivity index (χ0n) is 12.8. The SMILES string of the molecule is COc1c(C(=O)CC2(N)CCCCC2)ccc(C)c1C. The maximum atomic E-state index is 12.6. The van der Waals surface area contributed by atoms with Gasteiger partial charge in [-0.15, -0.1) is 0 Å². The third kappa shape index (κ3) is 3.04. The number of aryl methyl sites for hydroxylation is 1. The van der Waals surface area contributed by atoms with Crippen LogP contribution >= 0.6 is 0 Å². The largest absolute Gasteiger partial charge is 0.496 e. The zero-order chi connectivity index (χ0) is 14.8. The van der Waals surface area contributed by atoms with E-state index in [4.69, 9.17) is 10.5 Å². The Morgan fingerprint density at radius 2 is 1.90 bits per heavy atom. The van der Waals surface area contributed by atoms with Gasteiger partial charge in [-0.25, -0.2) is 0 Å². The van der Waals surface area contributed by atoms with Gasteiger partial charge in [0.2, 0.25) is 0 Å². The van der Waals surface area contributed by atoms with Crippen molar-refractivity contribution in [3.63, 3.8) is 0 Å².